The first kappa shape index (κ1) is 12.1. The Hall–Kier alpha value is -0.567. The Labute approximate surface area is 70.7 Å². The van der Waals surface area contributed by atoms with Crippen molar-refractivity contribution in [2.24, 2.45) is 0 Å². The third kappa shape index (κ3) is 5.57. The van der Waals surface area contributed by atoms with Crippen LogP contribution >= 0.6 is 0 Å². The van der Waals surface area contributed by atoms with Gasteiger partial charge in [0.2, 0.25) is 5.78 Å². The number of hydrogen-bond acceptors (Lipinski definition) is 4. The number of hydrogen-bond donors (Lipinski definition) is 0. The molecule has 0 fully saturated rings. The summed E-state index contributed by atoms with van der Waals surface area (Å²) in [6.07, 6.45) is 0. The Kier molecular flexibility index (Phi) is 6.36. The second-order valence-corrected chi connectivity index (χ2v) is 1.44. The Balaban J connectivity index is 0. The molecule has 1 radical (unpaired) electrons. The zero-order chi connectivity index (χ0) is 7.44. The molecule has 0 amide bonds. The second kappa shape index (κ2) is 5.24. The van der Waals surface area contributed by atoms with Crippen LogP contribution in [0, 0.1) is 0 Å². The first-order valence-electron chi connectivity index (χ1n) is 2.27. The van der Waals surface area contributed by atoms with E-state index < -0.39 is 17.7 Å². The number of ether oxygens (including phenoxy) is 1. The smallest absolute Gasteiger partial charge is 0.381 e. The van der Waals surface area contributed by atoms with Gasteiger partial charge in [-0.2, -0.15) is 0 Å². The predicted octanol–water partition coefficient (Wildman–Crippen LogP) is -0.337. The fourth-order valence-electron chi connectivity index (χ4n) is 0.202. The Morgan fingerprint density at radius 3 is 1.60 bits per heavy atom. The third-order valence-electron chi connectivity index (χ3n) is 0.524. The molecule has 0 aliphatic heterocycles. The van der Waals surface area contributed by atoms with Crippen LogP contribution in [0.25, 0.3) is 0 Å². The van der Waals surface area contributed by atoms with Crippen molar-refractivity contribution in [3.63, 3.8) is 0 Å². The predicted molar refractivity (Wildman–Crippen MR) is 27.5 cm³/mol. The maximum absolute atomic E-state index is 10.2. The fraction of sp³-hybridized carbons (Fsp3) is 0.400. The molecule has 0 aromatic rings. The van der Waals surface area contributed by atoms with Crippen LogP contribution in [0.2, 0.25) is 0 Å². The summed E-state index contributed by atoms with van der Waals surface area (Å²) in [5.41, 5.74) is 0. The van der Waals surface area contributed by atoms with E-state index in [1.54, 1.807) is 0 Å². The van der Waals surface area contributed by atoms with E-state index in [9.17, 15) is 14.4 Å². The van der Waals surface area contributed by atoms with Crippen LogP contribution in [0.1, 0.15) is 13.8 Å². The van der Waals surface area contributed by atoms with Crippen LogP contribution in [-0.2, 0) is 38.6 Å². The summed E-state index contributed by atoms with van der Waals surface area (Å²) in [4.78, 5) is 30.2. The van der Waals surface area contributed by atoms with Gasteiger partial charge < -0.3 is 4.74 Å². The van der Waals surface area contributed by atoms with E-state index in [-0.39, 0.29) is 19.5 Å². The van der Waals surface area contributed by atoms with Gasteiger partial charge in [-0.05, 0) is 0 Å². The van der Waals surface area contributed by atoms with Crippen molar-refractivity contribution in [1.29, 1.82) is 0 Å². The molecule has 0 spiro atoms. The average molecular weight is 233 g/mol. The molecular weight excluding hydrogens is 227 g/mol. The minimum atomic E-state index is -1.11. The van der Waals surface area contributed by atoms with Crippen LogP contribution in [0.3, 0.4) is 0 Å². The molecule has 0 saturated carbocycles. The second-order valence-electron chi connectivity index (χ2n) is 1.44. The Morgan fingerprint density at radius 1 is 1.10 bits per heavy atom. The van der Waals surface area contributed by atoms with Crippen LogP contribution in [0.4, 0.5) is 0 Å². The number of esters is 2. The van der Waals surface area contributed by atoms with Gasteiger partial charge in [-0.25, -0.2) is 4.79 Å². The van der Waals surface area contributed by atoms with Gasteiger partial charge in [0.25, 0.3) is 0 Å². The van der Waals surface area contributed by atoms with Gasteiger partial charge in [0.15, 0.2) is 0 Å². The SMILES string of the molecule is CC(=O)OC(=O)C(C)=O.[Rh]. The minimum Gasteiger partial charge on any atom is -0.387 e. The van der Waals surface area contributed by atoms with Crippen LogP contribution < -0.4 is 0 Å². The van der Waals surface area contributed by atoms with E-state index in [1.165, 1.54) is 0 Å². The largest absolute Gasteiger partial charge is 0.387 e. The average Bonchev–Trinajstić information content (AvgIpc) is 1.63. The van der Waals surface area contributed by atoms with Crippen molar-refractivity contribution in [3.8, 4) is 0 Å². The van der Waals surface area contributed by atoms with Gasteiger partial charge in [-0.1, -0.05) is 0 Å². The normalized spacial score (nSPS) is 7.40. The summed E-state index contributed by atoms with van der Waals surface area (Å²) in [5, 5.41) is 0. The molecule has 0 rings (SSSR count). The summed E-state index contributed by atoms with van der Waals surface area (Å²) >= 11 is 0. The van der Waals surface area contributed by atoms with E-state index in [0.29, 0.717) is 0 Å². The van der Waals surface area contributed by atoms with Gasteiger partial charge in [0.05, 0.1) is 0 Å². The summed E-state index contributed by atoms with van der Waals surface area (Å²) in [6, 6.07) is 0. The quantitative estimate of drug-likeness (QED) is 0.269. The fourth-order valence-corrected chi connectivity index (χ4v) is 0.202. The zero-order valence-corrected chi connectivity index (χ0v) is 7.11. The molecule has 5 heteroatoms. The van der Waals surface area contributed by atoms with Gasteiger partial charge in [0, 0.05) is 33.3 Å². The molecule has 0 heterocycles. The molecule has 4 nitrogen and oxygen atoms in total. The van der Waals surface area contributed by atoms with Crippen LogP contribution in [-0.4, -0.2) is 17.7 Å². The summed E-state index contributed by atoms with van der Waals surface area (Å²) < 4.78 is 3.88. The molecule has 10 heavy (non-hydrogen) atoms. The van der Waals surface area contributed by atoms with Gasteiger partial charge in [-0.15, -0.1) is 0 Å². The van der Waals surface area contributed by atoms with E-state index in [4.69, 9.17) is 0 Å². The van der Waals surface area contributed by atoms with Crippen molar-refractivity contribution in [1.82, 2.24) is 0 Å². The maximum atomic E-state index is 10.2. The monoisotopic (exact) mass is 233 g/mol. The molecule has 0 N–H and O–H groups in total. The van der Waals surface area contributed by atoms with Crippen LogP contribution in [0.5, 0.6) is 0 Å². The minimum absolute atomic E-state index is 0. The van der Waals surface area contributed by atoms with Crippen molar-refractivity contribution in [2.75, 3.05) is 0 Å². The molecule has 0 saturated heterocycles. The van der Waals surface area contributed by atoms with E-state index in [1.807, 2.05) is 0 Å². The van der Waals surface area contributed by atoms with Gasteiger partial charge in [0.1, 0.15) is 0 Å². The molecule has 0 aromatic heterocycles. The van der Waals surface area contributed by atoms with Crippen molar-refractivity contribution >= 4 is 17.7 Å². The first-order chi connectivity index (χ1) is 4.04. The zero-order valence-electron chi connectivity index (χ0n) is 5.47. The number of carbonyl (C=O) groups is 3. The molecule has 59 valence electrons. The molecule has 0 unspecified atom stereocenters. The van der Waals surface area contributed by atoms with Crippen LogP contribution in [0.15, 0.2) is 0 Å². The number of carbonyl (C=O) groups excluding carboxylic acids is 3. The van der Waals surface area contributed by atoms with E-state index in [0.717, 1.165) is 13.8 Å². The standard InChI is InChI=1S/C5H6O4.Rh/c1-3(6)5(8)9-4(2)7;/h1-2H3;. The molecule has 0 atom stereocenters. The van der Waals surface area contributed by atoms with Gasteiger partial charge in [-0.3, -0.25) is 9.59 Å². The molecule has 0 aromatic carbocycles. The van der Waals surface area contributed by atoms with E-state index >= 15 is 0 Å². The molecule has 0 aliphatic rings. The molecule has 0 aliphatic carbocycles. The van der Waals surface area contributed by atoms with Crippen molar-refractivity contribution < 1.29 is 38.6 Å². The molecule has 0 bridgehead atoms. The van der Waals surface area contributed by atoms with Crippen molar-refractivity contribution in [2.45, 2.75) is 13.8 Å². The summed E-state index contributed by atoms with van der Waals surface area (Å²) in [6.45, 7) is 2.09. The van der Waals surface area contributed by atoms with E-state index in [2.05, 4.69) is 4.74 Å². The Morgan fingerprint density at radius 2 is 1.50 bits per heavy atom. The number of Topliss-reactive ketones (excluding diaryl/α,β-unsaturated/α-hetero) is 1. The third-order valence-corrected chi connectivity index (χ3v) is 0.524. The van der Waals surface area contributed by atoms with Gasteiger partial charge >= 0.3 is 11.9 Å². The topological polar surface area (TPSA) is 60.4 Å². The van der Waals surface area contributed by atoms with Crippen molar-refractivity contribution in [3.05, 3.63) is 0 Å². The number of ketones is 1. The first-order valence-corrected chi connectivity index (χ1v) is 2.27. The summed E-state index contributed by atoms with van der Waals surface area (Å²) in [5.74, 6) is -2.65. The molecular formula is C5H6O4Rh. The maximum Gasteiger partial charge on any atom is 0.381 e. The Bertz CT molecular complexity index is 163. The summed E-state index contributed by atoms with van der Waals surface area (Å²) in [7, 11) is 0. The number of rotatable bonds is 1.